The molecule has 0 amide bonds. The maximum absolute atomic E-state index is 11.4. The van der Waals surface area contributed by atoms with E-state index in [0.717, 1.165) is 14.5 Å². The fourth-order valence-electron chi connectivity index (χ4n) is 1.05. The van der Waals surface area contributed by atoms with Crippen LogP contribution in [0.5, 0.6) is 0 Å². The highest BCUT2D eigenvalue weighted by Crippen LogP contribution is 2.26. The third-order valence-corrected chi connectivity index (χ3v) is 3.56. The van der Waals surface area contributed by atoms with Crippen molar-refractivity contribution in [2.24, 2.45) is 0 Å². The molecule has 0 unspecified atom stereocenters. The summed E-state index contributed by atoms with van der Waals surface area (Å²) in [6.45, 7) is 1.89. The first-order valence-electron chi connectivity index (χ1n) is 4.12. The number of hydrogen-bond donors (Lipinski definition) is 1. The van der Waals surface area contributed by atoms with Crippen LogP contribution in [-0.2, 0) is 4.79 Å². The Hall–Kier alpha value is -0.680. The zero-order valence-electron chi connectivity index (χ0n) is 7.88. The Morgan fingerprint density at radius 3 is 2.13 bits per heavy atom. The topological polar surface area (TPSA) is 54.4 Å². The number of rotatable bonds is 3. The van der Waals surface area contributed by atoms with E-state index in [4.69, 9.17) is 5.11 Å². The van der Waals surface area contributed by atoms with Crippen molar-refractivity contribution in [1.29, 1.82) is 0 Å². The second-order valence-corrected chi connectivity index (χ2v) is 4.77. The van der Waals surface area contributed by atoms with E-state index in [1.54, 1.807) is 12.1 Å². The van der Waals surface area contributed by atoms with Gasteiger partial charge in [0.15, 0.2) is 5.78 Å². The summed E-state index contributed by atoms with van der Waals surface area (Å²) in [5, 5.41) is 8.49. The average molecular weight is 336 g/mol. The van der Waals surface area contributed by atoms with Crippen molar-refractivity contribution in [3.63, 3.8) is 0 Å². The van der Waals surface area contributed by atoms with Gasteiger partial charge in [-0.1, -0.05) is 31.9 Å². The molecule has 0 saturated carbocycles. The van der Waals surface area contributed by atoms with Crippen molar-refractivity contribution >= 4 is 43.6 Å². The van der Waals surface area contributed by atoms with Gasteiger partial charge in [0.25, 0.3) is 0 Å². The van der Waals surface area contributed by atoms with Crippen LogP contribution in [0.1, 0.15) is 22.3 Å². The molecule has 80 valence electrons. The molecule has 1 aromatic rings. The SMILES string of the molecule is Cc1c(Br)cc(C(=O)CC(=O)O)cc1Br. The van der Waals surface area contributed by atoms with Crippen molar-refractivity contribution in [1.82, 2.24) is 0 Å². The quantitative estimate of drug-likeness (QED) is 0.681. The minimum absolute atomic E-state index is 0.391. The zero-order chi connectivity index (χ0) is 11.6. The molecule has 0 aromatic heterocycles. The van der Waals surface area contributed by atoms with E-state index in [1.807, 2.05) is 6.92 Å². The molecule has 1 N–H and O–H groups in total. The Labute approximate surface area is 104 Å². The number of Topliss-reactive ketones (excluding diaryl/α,β-unsaturated/α-hetero) is 1. The molecule has 1 rings (SSSR count). The maximum atomic E-state index is 11.4. The van der Waals surface area contributed by atoms with Crippen molar-refractivity contribution in [3.8, 4) is 0 Å². The van der Waals surface area contributed by atoms with Gasteiger partial charge in [-0.3, -0.25) is 9.59 Å². The molecular formula is C10H8Br2O3. The standard InChI is InChI=1S/C10H8Br2O3/c1-5-7(11)2-6(3-8(5)12)9(13)4-10(14)15/h2-3H,4H2,1H3,(H,14,15). The summed E-state index contributed by atoms with van der Waals surface area (Å²) in [7, 11) is 0. The first-order valence-corrected chi connectivity index (χ1v) is 5.71. The summed E-state index contributed by atoms with van der Waals surface area (Å²) in [4.78, 5) is 21.8. The van der Waals surface area contributed by atoms with Gasteiger partial charge in [-0.25, -0.2) is 0 Å². The normalized spacial score (nSPS) is 10.1. The number of carbonyl (C=O) groups excluding carboxylic acids is 1. The monoisotopic (exact) mass is 334 g/mol. The van der Waals surface area contributed by atoms with E-state index in [2.05, 4.69) is 31.9 Å². The van der Waals surface area contributed by atoms with E-state index < -0.39 is 18.2 Å². The van der Waals surface area contributed by atoms with Crippen LogP contribution in [0.2, 0.25) is 0 Å². The fourth-order valence-corrected chi connectivity index (χ4v) is 2.23. The van der Waals surface area contributed by atoms with Gasteiger partial charge in [0.2, 0.25) is 0 Å². The summed E-state index contributed by atoms with van der Waals surface area (Å²) < 4.78 is 1.57. The van der Waals surface area contributed by atoms with E-state index in [1.165, 1.54) is 0 Å². The van der Waals surface area contributed by atoms with Gasteiger partial charge < -0.3 is 5.11 Å². The number of carbonyl (C=O) groups is 2. The highest BCUT2D eigenvalue weighted by Gasteiger charge is 2.13. The Kier molecular flexibility index (Phi) is 4.04. The molecule has 5 heteroatoms. The molecule has 0 spiro atoms. The zero-order valence-corrected chi connectivity index (χ0v) is 11.1. The molecular weight excluding hydrogens is 328 g/mol. The number of aliphatic carboxylic acids is 1. The van der Waals surface area contributed by atoms with Gasteiger partial charge in [0.1, 0.15) is 6.42 Å². The molecule has 0 atom stereocenters. The van der Waals surface area contributed by atoms with Crippen molar-refractivity contribution < 1.29 is 14.7 Å². The lowest BCUT2D eigenvalue weighted by Gasteiger charge is -2.05. The van der Waals surface area contributed by atoms with Crippen LogP contribution in [0, 0.1) is 6.92 Å². The molecule has 0 saturated heterocycles. The minimum atomic E-state index is -1.12. The number of carboxylic acid groups (broad SMARTS) is 1. The molecule has 0 fully saturated rings. The molecule has 0 aliphatic rings. The van der Waals surface area contributed by atoms with Crippen molar-refractivity contribution in [2.75, 3.05) is 0 Å². The van der Waals surface area contributed by atoms with Gasteiger partial charge in [0, 0.05) is 14.5 Å². The number of carboxylic acids is 1. The minimum Gasteiger partial charge on any atom is -0.481 e. The largest absolute Gasteiger partial charge is 0.481 e. The molecule has 0 aliphatic carbocycles. The molecule has 0 bridgehead atoms. The lowest BCUT2D eigenvalue weighted by Crippen LogP contribution is -2.07. The smallest absolute Gasteiger partial charge is 0.311 e. The second-order valence-electron chi connectivity index (χ2n) is 3.06. The van der Waals surface area contributed by atoms with Crippen LogP contribution in [0.15, 0.2) is 21.1 Å². The fraction of sp³-hybridized carbons (Fsp3) is 0.200. The predicted molar refractivity (Wildman–Crippen MR) is 63.2 cm³/mol. The van der Waals surface area contributed by atoms with Gasteiger partial charge in [-0.15, -0.1) is 0 Å². The van der Waals surface area contributed by atoms with Gasteiger partial charge in [-0.2, -0.15) is 0 Å². The first kappa shape index (κ1) is 12.4. The van der Waals surface area contributed by atoms with Gasteiger partial charge >= 0.3 is 5.97 Å². The van der Waals surface area contributed by atoms with Crippen LogP contribution < -0.4 is 0 Å². The Bertz CT molecular complexity index is 404. The lowest BCUT2D eigenvalue weighted by atomic mass is 10.1. The van der Waals surface area contributed by atoms with Crippen molar-refractivity contribution in [3.05, 3.63) is 32.2 Å². The summed E-state index contributed by atoms with van der Waals surface area (Å²) >= 11 is 6.60. The molecule has 15 heavy (non-hydrogen) atoms. The molecule has 1 aromatic carbocycles. The van der Waals surface area contributed by atoms with Gasteiger partial charge in [-0.05, 0) is 24.6 Å². The molecule has 0 radical (unpaired) electrons. The molecule has 3 nitrogen and oxygen atoms in total. The van der Waals surface area contributed by atoms with Crippen LogP contribution in [-0.4, -0.2) is 16.9 Å². The van der Waals surface area contributed by atoms with Crippen LogP contribution in [0.25, 0.3) is 0 Å². The number of halogens is 2. The summed E-state index contributed by atoms with van der Waals surface area (Å²) in [6, 6.07) is 3.26. The summed E-state index contributed by atoms with van der Waals surface area (Å²) in [5.74, 6) is -1.52. The van der Waals surface area contributed by atoms with E-state index in [0.29, 0.717) is 5.56 Å². The number of hydrogen-bond acceptors (Lipinski definition) is 2. The molecule has 0 heterocycles. The lowest BCUT2D eigenvalue weighted by molar-refractivity contribution is -0.135. The van der Waals surface area contributed by atoms with E-state index in [-0.39, 0.29) is 0 Å². The summed E-state index contributed by atoms with van der Waals surface area (Å²) in [5.41, 5.74) is 1.36. The van der Waals surface area contributed by atoms with Crippen LogP contribution in [0.3, 0.4) is 0 Å². The molecule has 0 aliphatic heterocycles. The maximum Gasteiger partial charge on any atom is 0.311 e. The van der Waals surface area contributed by atoms with Crippen molar-refractivity contribution in [2.45, 2.75) is 13.3 Å². The number of ketones is 1. The Morgan fingerprint density at radius 2 is 1.73 bits per heavy atom. The third-order valence-electron chi connectivity index (χ3n) is 1.91. The van der Waals surface area contributed by atoms with E-state index in [9.17, 15) is 9.59 Å². The number of benzene rings is 1. The van der Waals surface area contributed by atoms with Crippen LogP contribution in [0.4, 0.5) is 0 Å². The van der Waals surface area contributed by atoms with Crippen LogP contribution >= 0.6 is 31.9 Å². The van der Waals surface area contributed by atoms with Gasteiger partial charge in [0.05, 0.1) is 0 Å². The highest BCUT2D eigenvalue weighted by atomic mass is 79.9. The van der Waals surface area contributed by atoms with E-state index >= 15 is 0 Å². The Balaban J connectivity index is 3.06. The summed E-state index contributed by atoms with van der Waals surface area (Å²) in [6.07, 6.45) is -0.484. The second kappa shape index (κ2) is 4.90. The average Bonchev–Trinajstić information content (AvgIpc) is 2.12. The Morgan fingerprint density at radius 1 is 1.27 bits per heavy atom. The highest BCUT2D eigenvalue weighted by molar-refractivity contribution is 9.11. The third kappa shape index (κ3) is 3.14. The first-order chi connectivity index (χ1) is 6.91. The predicted octanol–water partition coefficient (Wildman–Crippen LogP) is 3.18.